The maximum Gasteiger partial charge on any atom is 0.275 e. The van der Waals surface area contributed by atoms with Gasteiger partial charge in [-0.25, -0.2) is 5.43 Å². The van der Waals surface area contributed by atoms with Crippen LogP contribution in [0.3, 0.4) is 0 Å². The first kappa shape index (κ1) is 21.4. The Bertz CT molecular complexity index is 1120. The van der Waals surface area contributed by atoms with Crippen molar-refractivity contribution in [3.05, 3.63) is 89.0 Å². The second-order valence-electron chi connectivity index (χ2n) is 6.39. The fourth-order valence-corrected chi connectivity index (χ4v) is 2.78. The summed E-state index contributed by atoms with van der Waals surface area (Å²) in [7, 11) is 3.03. The van der Waals surface area contributed by atoms with Crippen molar-refractivity contribution in [3.63, 3.8) is 0 Å². The largest absolute Gasteiger partial charge is 0.497 e. The monoisotopic (exact) mass is 415 g/mol. The lowest BCUT2D eigenvalue weighted by Crippen LogP contribution is -2.18. The van der Waals surface area contributed by atoms with Crippen molar-refractivity contribution >= 4 is 12.1 Å². The Morgan fingerprint density at radius 1 is 1.03 bits per heavy atom. The second-order valence-corrected chi connectivity index (χ2v) is 6.39. The quantitative estimate of drug-likeness (QED) is 0.445. The first-order valence-corrected chi connectivity index (χ1v) is 9.41. The van der Waals surface area contributed by atoms with E-state index in [0.29, 0.717) is 35.0 Å². The summed E-state index contributed by atoms with van der Waals surface area (Å²) in [5, 5.41) is 13.1. The van der Waals surface area contributed by atoms with Gasteiger partial charge in [0.15, 0.2) is 0 Å². The molecule has 0 fully saturated rings. The average Bonchev–Trinajstić information content (AvgIpc) is 2.83. The second kappa shape index (κ2) is 10.5. The smallest absolute Gasteiger partial charge is 0.275 e. The van der Waals surface area contributed by atoms with Crippen LogP contribution in [0.5, 0.6) is 17.2 Å². The summed E-state index contributed by atoms with van der Waals surface area (Å²) in [5.74, 6) is 1.26. The van der Waals surface area contributed by atoms with Crippen LogP contribution in [0.15, 0.2) is 71.8 Å². The molecular weight excluding hydrogens is 394 g/mol. The summed E-state index contributed by atoms with van der Waals surface area (Å²) in [5.41, 5.74) is 5.03. The Hall–Kier alpha value is -4.31. The molecule has 3 aromatic carbocycles. The Kier molecular flexibility index (Phi) is 7.22. The molecule has 0 heterocycles. The number of hydrazone groups is 1. The molecule has 0 saturated carbocycles. The van der Waals surface area contributed by atoms with Gasteiger partial charge in [0.25, 0.3) is 5.91 Å². The molecule has 0 aliphatic rings. The van der Waals surface area contributed by atoms with Crippen LogP contribution in [0.1, 0.15) is 27.0 Å². The number of benzene rings is 3. The van der Waals surface area contributed by atoms with Crippen LogP contribution in [0, 0.1) is 11.3 Å². The van der Waals surface area contributed by atoms with E-state index in [1.807, 2.05) is 30.3 Å². The molecule has 3 rings (SSSR count). The van der Waals surface area contributed by atoms with Gasteiger partial charge < -0.3 is 14.2 Å². The molecule has 0 radical (unpaired) electrons. The molecule has 7 nitrogen and oxygen atoms in total. The molecule has 0 bridgehead atoms. The fraction of sp³-hybridized carbons (Fsp3) is 0.125. The fourth-order valence-electron chi connectivity index (χ4n) is 2.78. The summed E-state index contributed by atoms with van der Waals surface area (Å²) in [6.07, 6.45) is 1.53. The van der Waals surface area contributed by atoms with Crippen LogP contribution in [-0.2, 0) is 6.61 Å². The van der Waals surface area contributed by atoms with E-state index in [1.165, 1.54) is 13.3 Å². The topological polar surface area (TPSA) is 92.9 Å². The van der Waals surface area contributed by atoms with E-state index < -0.39 is 5.91 Å². The van der Waals surface area contributed by atoms with E-state index in [-0.39, 0.29) is 0 Å². The predicted octanol–water partition coefficient (Wildman–Crippen LogP) is 3.92. The molecule has 1 N–H and O–H groups in total. The van der Waals surface area contributed by atoms with Crippen LogP contribution in [-0.4, -0.2) is 26.3 Å². The minimum Gasteiger partial charge on any atom is -0.497 e. The number of carbonyl (C=O) groups excluding carboxylic acids is 1. The molecule has 1 amide bonds. The van der Waals surface area contributed by atoms with Crippen molar-refractivity contribution in [2.45, 2.75) is 6.61 Å². The minimum absolute atomic E-state index is 0.303. The molecule has 7 heteroatoms. The summed E-state index contributed by atoms with van der Waals surface area (Å²) in [6.45, 7) is 0.303. The molecule has 0 aliphatic carbocycles. The van der Waals surface area contributed by atoms with Crippen LogP contribution < -0.4 is 19.6 Å². The number of ether oxygens (including phenoxy) is 3. The third kappa shape index (κ3) is 5.61. The van der Waals surface area contributed by atoms with Gasteiger partial charge in [-0.3, -0.25) is 4.79 Å². The zero-order valence-electron chi connectivity index (χ0n) is 17.2. The third-order valence-corrected chi connectivity index (χ3v) is 4.45. The molecule has 0 saturated heterocycles. The van der Waals surface area contributed by atoms with E-state index >= 15 is 0 Å². The summed E-state index contributed by atoms with van der Waals surface area (Å²) in [6, 6.07) is 21.6. The first-order valence-electron chi connectivity index (χ1n) is 9.41. The van der Waals surface area contributed by atoms with Crippen molar-refractivity contribution in [1.82, 2.24) is 5.43 Å². The van der Waals surface area contributed by atoms with Crippen LogP contribution in [0.4, 0.5) is 0 Å². The van der Waals surface area contributed by atoms with E-state index in [9.17, 15) is 4.79 Å². The van der Waals surface area contributed by atoms with Crippen molar-refractivity contribution < 1.29 is 19.0 Å². The predicted molar refractivity (Wildman–Crippen MR) is 117 cm³/mol. The number of methoxy groups -OCH3 is 2. The number of hydrogen-bond acceptors (Lipinski definition) is 6. The van der Waals surface area contributed by atoms with Gasteiger partial charge in [0, 0.05) is 11.6 Å². The van der Waals surface area contributed by atoms with Gasteiger partial charge >= 0.3 is 0 Å². The molecule has 0 aromatic heterocycles. The molecule has 0 unspecified atom stereocenters. The van der Waals surface area contributed by atoms with Gasteiger partial charge in [-0.05, 0) is 48.0 Å². The van der Waals surface area contributed by atoms with Gasteiger partial charge in [-0.1, -0.05) is 18.2 Å². The number of amides is 1. The molecule has 31 heavy (non-hydrogen) atoms. The SMILES string of the molecule is COc1ccc(C(=O)N/N=C\c2ccc(OCc3ccccc3C#N)cc2)c(OC)c1. The number of hydrogen-bond donors (Lipinski definition) is 1. The summed E-state index contributed by atoms with van der Waals surface area (Å²) < 4.78 is 16.1. The Balaban J connectivity index is 1.57. The zero-order valence-corrected chi connectivity index (χ0v) is 17.2. The molecule has 0 spiro atoms. The van der Waals surface area contributed by atoms with E-state index in [0.717, 1.165) is 11.1 Å². The highest BCUT2D eigenvalue weighted by Gasteiger charge is 2.12. The van der Waals surface area contributed by atoms with Crippen molar-refractivity contribution in [2.24, 2.45) is 5.10 Å². The highest BCUT2D eigenvalue weighted by molar-refractivity contribution is 5.97. The van der Waals surface area contributed by atoms with E-state index in [2.05, 4.69) is 16.6 Å². The van der Waals surface area contributed by atoms with Gasteiger partial charge in [0.05, 0.1) is 37.6 Å². The third-order valence-electron chi connectivity index (χ3n) is 4.45. The first-order chi connectivity index (χ1) is 15.1. The van der Waals surface area contributed by atoms with E-state index in [1.54, 1.807) is 43.5 Å². The van der Waals surface area contributed by atoms with Gasteiger partial charge in [0.2, 0.25) is 0 Å². The minimum atomic E-state index is -0.396. The molecule has 3 aromatic rings. The summed E-state index contributed by atoms with van der Waals surface area (Å²) >= 11 is 0. The molecule has 156 valence electrons. The van der Waals surface area contributed by atoms with Crippen molar-refractivity contribution in [2.75, 3.05) is 14.2 Å². The maximum atomic E-state index is 12.4. The van der Waals surface area contributed by atoms with Crippen molar-refractivity contribution in [3.8, 4) is 23.3 Å². The molecule has 0 aliphatic heterocycles. The normalized spacial score (nSPS) is 10.4. The number of rotatable bonds is 8. The Morgan fingerprint density at radius 2 is 1.77 bits per heavy atom. The zero-order chi connectivity index (χ0) is 22.1. The number of nitrogens with zero attached hydrogens (tertiary/aromatic N) is 2. The van der Waals surface area contributed by atoms with Crippen LogP contribution in [0.2, 0.25) is 0 Å². The lowest BCUT2D eigenvalue weighted by Gasteiger charge is -2.09. The highest BCUT2D eigenvalue weighted by Crippen LogP contribution is 2.24. The maximum absolute atomic E-state index is 12.4. The van der Waals surface area contributed by atoms with Crippen LogP contribution >= 0.6 is 0 Å². The summed E-state index contributed by atoms with van der Waals surface area (Å²) in [4.78, 5) is 12.4. The average molecular weight is 415 g/mol. The number of nitrogens with one attached hydrogen (secondary N) is 1. The van der Waals surface area contributed by atoms with Gasteiger partial charge in [-0.2, -0.15) is 10.4 Å². The number of carbonyl (C=O) groups is 1. The Morgan fingerprint density at radius 3 is 2.48 bits per heavy atom. The molecular formula is C24H21N3O4. The van der Waals surface area contributed by atoms with Gasteiger partial charge in [0.1, 0.15) is 23.9 Å². The number of nitriles is 1. The van der Waals surface area contributed by atoms with Crippen molar-refractivity contribution in [1.29, 1.82) is 5.26 Å². The Labute approximate surface area is 180 Å². The molecule has 0 atom stereocenters. The van der Waals surface area contributed by atoms with Crippen LogP contribution in [0.25, 0.3) is 0 Å². The van der Waals surface area contributed by atoms with E-state index in [4.69, 9.17) is 19.5 Å². The lowest BCUT2D eigenvalue weighted by molar-refractivity contribution is 0.0952. The highest BCUT2D eigenvalue weighted by atomic mass is 16.5. The van der Waals surface area contributed by atoms with Gasteiger partial charge in [-0.15, -0.1) is 0 Å². The lowest BCUT2D eigenvalue weighted by atomic mass is 10.1. The standard InChI is InChI=1S/C24H21N3O4/c1-29-21-11-12-22(23(13-21)30-2)24(28)27-26-15-17-7-9-20(10-8-17)31-16-19-6-4-3-5-18(19)14-25/h3-13,15H,16H2,1-2H3,(H,27,28)/b26-15-.